The highest BCUT2D eigenvalue weighted by molar-refractivity contribution is 6.30. The molecule has 112 valence electrons. The van der Waals surface area contributed by atoms with Crippen molar-refractivity contribution in [1.29, 1.82) is 0 Å². The molecule has 0 saturated carbocycles. The van der Waals surface area contributed by atoms with Gasteiger partial charge < -0.3 is 10.4 Å². The molecule has 21 heavy (non-hydrogen) atoms. The van der Waals surface area contributed by atoms with Crippen LogP contribution in [0.3, 0.4) is 0 Å². The fourth-order valence-corrected chi connectivity index (χ4v) is 2.47. The second-order valence-corrected chi connectivity index (χ2v) is 6.18. The highest BCUT2D eigenvalue weighted by atomic mass is 35.5. The van der Waals surface area contributed by atoms with Gasteiger partial charge in [-0.05, 0) is 41.7 Å². The third-order valence-corrected chi connectivity index (χ3v) is 3.57. The summed E-state index contributed by atoms with van der Waals surface area (Å²) in [5.41, 5.74) is 3.15. The molecule has 2 nitrogen and oxygen atoms in total. The largest absolute Gasteiger partial charge is 0.387 e. The van der Waals surface area contributed by atoms with Crippen molar-refractivity contribution in [3.8, 4) is 0 Å². The molecule has 0 fully saturated rings. The number of benzene rings is 2. The molecule has 2 rings (SSSR count). The van der Waals surface area contributed by atoms with Crippen LogP contribution in [-0.4, -0.2) is 11.7 Å². The van der Waals surface area contributed by atoms with Gasteiger partial charge in [0.2, 0.25) is 0 Å². The maximum absolute atomic E-state index is 10.2. The van der Waals surface area contributed by atoms with Crippen LogP contribution in [0.15, 0.2) is 48.5 Å². The van der Waals surface area contributed by atoms with Crippen molar-refractivity contribution in [1.82, 2.24) is 0 Å². The summed E-state index contributed by atoms with van der Waals surface area (Å²) in [4.78, 5) is 0. The Balaban J connectivity index is 1.92. The molecule has 1 unspecified atom stereocenters. The monoisotopic (exact) mass is 303 g/mol. The molecule has 0 heterocycles. The molecule has 2 N–H and O–H groups in total. The van der Waals surface area contributed by atoms with Gasteiger partial charge in [-0.2, -0.15) is 0 Å². The second kappa shape index (κ2) is 7.48. The first kappa shape index (κ1) is 15.9. The lowest BCUT2D eigenvalue weighted by Gasteiger charge is -2.14. The van der Waals surface area contributed by atoms with E-state index < -0.39 is 6.10 Å². The first-order valence-corrected chi connectivity index (χ1v) is 7.68. The average Bonchev–Trinajstić information content (AvgIpc) is 2.45. The Morgan fingerprint density at radius 3 is 2.43 bits per heavy atom. The number of hydrogen-bond donors (Lipinski definition) is 2. The Morgan fingerprint density at radius 2 is 1.81 bits per heavy atom. The van der Waals surface area contributed by atoms with Crippen LogP contribution >= 0.6 is 11.6 Å². The molecular weight excluding hydrogens is 282 g/mol. The highest BCUT2D eigenvalue weighted by Gasteiger charge is 2.07. The minimum absolute atomic E-state index is 0.462. The lowest BCUT2D eigenvalue weighted by Crippen LogP contribution is -2.12. The number of aliphatic hydroxyl groups is 1. The van der Waals surface area contributed by atoms with Gasteiger partial charge >= 0.3 is 0 Å². The second-order valence-electron chi connectivity index (χ2n) is 5.75. The van der Waals surface area contributed by atoms with E-state index >= 15 is 0 Å². The molecule has 0 aliphatic carbocycles. The Kier molecular flexibility index (Phi) is 5.66. The fraction of sp³-hybridized carbons (Fsp3) is 0.333. The van der Waals surface area contributed by atoms with Gasteiger partial charge in [0.25, 0.3) is 0 Å². The SMILES string of the molecule is CC(C)Cc1ccc(C(O)CNc2cccc(Cl)c2)cc1. The third kappa shape index (κ3) is 5.07. The molecule has 2 aromatic rings. The van der Waals surface area contributed by atoms with Crippen molar-refractivity contribution in [2.24, 2.45) is 5.92 Å². The predicted molar refractivity (Wildman–Crippen MR) is 89.9 cm³/mol. The zero-order valence-corrected chi connectivity index (χ0v) is 13.3. The molecule has 0 aliphatic heterocycles. The van der Waals surface area contributed by atoms with Crippen LogP contribution in [-0.2, 0) is 6.42 Å². The molecule has 0 aromatic heterocycles. The molecule has 0 aliphatic rings. The quantitative estimate of drug-likeness (QED) is 0.812. The smallest absolute Gasteiger partial charge is 0.0962 e. The van der Waals surface area contributed by atoms with Crippen LogP contribution in [0.5, 0.6) is 0 Å². The minimum atomic E-state index is -0.530. The fourth-order valence-electron chi connectivity index (χ4n) is 2.28. The summed E-state index contributed by atoms with van der Waals surface area (Å²) < 4.78 is 0. The van der Waals surface area contributed by atoms with E-state index in [-0.39, 0.29) is 0 Å². The van der Waals surface area contributed by atoms with Crippen LogP contribution in [0.25, 0.3) is 0 Å². The van der Waals surface area contributed by atoms with Crippen molar-refractivity contribution in [3.63, 3.8) is 0 Å². The standard InChI is InChI=1S/C18H22ClNO/c1-13(2)10-14-6-8-15(9-7-14)18(21)12-20-17-5-3-4-16(19)11-17/h3-9,11,13,18,20-21H,10,12H2,1-2H3. The number of rotatable bonds is 6. The first-order valence-electron chi connectivity index (χ1n) is 7.31. The maximum atomic E-state index is 10.2. The highest BCUT2D eigenvalue weighted by Crippen LogP contribution is 2.19. The molecule has 0 amide bonds. The van der Waals surface area contributed by atoms with Crippen molar-refractivity contribution in [2.45, 2.75) is 26.4 Å². The van der Waals surface area contributed by atoms with Crippen molar-refractivity contribution < 1.29 is 5.11 Å². The van der Waals surface area contributed by atoms with Crippen LogP contribution < -0.4 is 5.32 Å². The van der Waals surface area contributed by atoms with Gasteiger partial charge in [-0.3, -0.25) is 0 Å². The number of aliphatic hydroxyl groups excluding tert-OH is 1. The van der Waals surface area contributed by atoms with E-state index in [0.717, 1.165) is 17.7 Å². The third-order valence-electron chi connectivity index (χ3n) is 3.33. The Labute approximate surface area is 131 Å². The molecule has 0 spiro atoms. The van der Waals surface area contributed by atoms with Crippen LogP contribution in [0.2, 0.25) is 5.02 Å². The summed E-state index contributed by atoms with van der Waals surface area (Å²) in [6.45, 7) is 4.87. The first-order chi connectivity index (χ1) is 10.0. The van der Waals surface area contributed by atoms with Crippen molar-refractivity contribution >= 4 is 17.3 Å². The number of halogens is 1. The van der Waals surface area contributed by atoms with E-state index in [1.807, 2.05) is 36.4 Å². The Hall–Kier alpha value is -1.51. The van der Waals surface area contributed by atoms with Gasteiger partial charge in [0, 0.05) is 17.3 Å². The van der Waals surface area contributed by atoms with E-state index in [0.29, 0.717) is 17.5 Å². The van der Waals surface area contributed by atoms with Gasteiger partial charge in [-0.15, -0.1) is 0 Å². The van der Waals surface area contributed by atoms with Crippen molar-refractivity contribution in [3.05, 3.63) is 64.7 Å². The zero-order valence-electron chi connectivity index (χ0n) is 12.5. The van der Waals surface area contributed by atoms with E-state index in [1.165, 1.54) is 5.56 Å². The summed E-state index contributed by atoms with van der Waals surface area (Å²) in [6.07, 6.45) is 0.536. The lowest BCUT2D eigenvalue weighted by atomic mass is 10.0. The molecule has 3 heteroatoms. The normalized spacial score (nSPS) is 12.4. The van der Waals surface area contributed by atoms with E-state index in [9.17, 15) is 5.11 Å². The van der Waals surface area contributed by atoms with Gasteiger partial charge in [-0.25, -0.2) is 0 Å². The number of hydrogen-bond acceptors (Lipinski definition) is 2. The number of anilines is 1. The van der Waals surface area contributed by atoms with Gasteiger partial charge in [-0.1, -0.05) is 55.8 Å². The van der Waals surface area contributed by atoms with Crippen LogP contribution in [0, 0.1) is 5.92 Å². The predicted octanol–water partition coefficient (Wildman–Crippen LogP) is 4.68. The lowest BCUT2D eigenvalue weighted by molar-refractivity contribution is 0.191. The minimum Gasteiger partial charge on any atom is -0.387 e. The van der Waals surface area contributed by atoms with Gasteiger partial charge in [0.05, 0.1) is 6.10 Å². The summed E-state index contributed by atoms with van der Waals surface area (Å²) in [7, 11) is 0. The summed E-state index contributed by atoms with van der Waals surface area (Å²) >= 11 is 5.93. The van der Waals surface area contributed by atoms with Crippen LogP contribution in [0.1, 0.15) is 31.1 Å². The Bertz CT molecular complexity index is 566. The van der Waals surface area contributed by atoms with E-state index in [2.05, 4.69) is 31.3 Å². The van der Waals surface area contributed by atoms with Crippen molar-refractivity contribution in [2.75, 3.05) is 11.9 Å². The average molecular weight is 304 g/mol. The van der Waals surface area contributed by atoms with Crippen LogP contribution in [0.4, 0.5) is 5.69 Å². The van der Waals surface area contributed by atoms with Gasteiger partial charge in [0.1, 0.15) is 0 Å². The Morgan fingerprint density at radius 1 is 1.10 bits per heavy atom. The molecular formula is C18H22ClNO. The summed E-state index contributed by atoms with van der Waals surface area (Å²) in [6, 6.07) is 15.7. The number of nitrogens with one attached hydrogen (secondary N) is 1. The summed E-state index contributed by atoms with van der Waals surface area (Å²) in [5, 5.41) is 14.1. The molecule has 1 atom stereocenters. The molecule has 0 saturated heterocycles. The van der Waals surface area contributed by atoms with Gasteiger partial charge in [0.15, 0.2) is 0 Å². The van der Waals surface area contributed by atoms with E-state index in [4.69, 9.17) is 11.6 Å². The summed E-state index contributed by atoms with van der Waals surface area (Å²) in [5.74, 6) is 0.644. The molecule has 0 radical (unpaired) electrons. The molecule has 2 aromatic carbocycles. The zero-order chi connectivity index (χ0) is 15.2. The molecule has 0 bridgehead atoms. The van der Waals surface area contributed by atoms with E-state index in [1.54, 1.807) is 0 Å². The topological polar surface area (TPSA) is 32.3 Å². The maximum Gasteiger partial charge on any atom is 0.0962 e.